The van der Waals surface area contributed by atoms with E-state index in [1.165, 1.54) is 82.1 Å². The molecule has 9 rings (SSSR count). The maximum absolute atomic E-state index is 6.70. The van der Waals surface area contributed by atoms with Gasteiger partial charge in [0.05, 0.1) is 0 Å². The summed E-state index contributed by atoms with van der Waals surface area (Å²) in [6.45, 7) is 6.77. The van der Waals surface area contributed by atoms with Gasteiger partial charge in [0, 0.05) is 43.7 Å². The van der Waals surface area contributed by atoms with E-state index < -0.39 is 0 Å². The first kappa shape index (κ1) is 22.1. The highest BCUT2D eigenvalue weighted by Crippen LogP contribution is 2.44. The summed E-state index contributed by atoms with van der Waals surface area (Å²) in [5, 5.41) is 7.56. The molecule has 6 aromatic carbocycles. The number of aryl methyl sites for hydroxylation is 3. The van der Waals surface area contributed by atoms with Crippen molar-refractivity contribution in [3.8, 4) is 11.1 Å². The lowest BCUT2D eigenvalue weighted by molar-refractivity contribution is 0.670. The Bertz CT molecular complexity index is 2350. The average molecular weight is 511 g/mol. The molecule has 3 heteroatoms. The van der Waals surface area contributed by atoms with Crippen molar-refractivity contribution < 1.29 is 4.42 Å². The minimum absolute atomic E-state index is 0.0317. The molecule has 2 nitrogen and oxygen atoms in total. The Hall–Kier alpha value is -4.76. The molecule has 0 saturated carbocycles. The molecule has 0 aliphatic carbocycles. The summed E-state index contributed by atoms with van der Waals surface area (Å²) >= 11 is 0. The molecule has 0 radical (unpaired) electrons. The third-order valence-electron chi connectivity index (χ3n) is 9.13. The molecule has 0 unspecified atom stereocenters. The largest absolute Gasteiger partial charge is 0.455 e. The number of furan rings is 1. The van der Waals surface area contributed by atoms with Gasteiger partial charge < -0.3 is 8.90 Å². The minimum Gasteiger partial charge on any atom is -0.455 e. The lowest BCUT2D eigenvalue weighted by atomic mass is 9.45. The number of benzene rings is 6. The van der Waals surface area contributed by atoms with Crippen molar-refractivity contribution in [1.82, 2.24) is 4.48 Å². The normalized spacial score (nSPS) is 12.8. The minimum atomic E-state index is 0.0317. The number of rotatable bonds is 1. The standard InChI is InChI=1S/C37H26BNO/c1-21-19-22(2)35(23(3)20-21)38-30-17-16-27-26-11-6-7-14-32(26)40-37(27)34(30)29-13-8-12-28-33-25-10-5-4-9-24(25)15-18-31(33)39(38)36(28)29/h4-20H,1-3H3. The fourth-order valence-electron chi connectivity index (χ4n) is 7.69. The van der Waals surface area contributed by atoms with Gasteiger partial charge in [-0.05, 0) is 54.6 Å². The Morgan fingerprint density at radius 1 is 0.650 bits per heavy atom. The SMILES string of the molecule is Cc1cc(C)c(B2c3ccc4c(oc5ccccc54)c3-c3cccc4c5c6ccccc6ccc5n2c34)c(C)c1. The molecule has 40 heavy (non-hydrogen) atoms. The van der Waals surface area contributed by atoms with E-state index in [0.717, 1.165) is 11.2 Å². The van der Waals surface area contributed by atoms with Gasteiger partial charge in [0.2, 0.25) is 0 Å². The van der Waals surface area contributed by atoms with Gasteiger partial charge in [0.25, 0.3) is 0 Å². The zero-order valence-electron chi connectivity index (χ0n) is 22.7. The lowest BCUT2D eigenvalue weighted by Gasteiger charge is -2.29. The van der Waals surface area contributed by atoms with E-state index in [2.05, 4.69) is 128 Å². The zero-order valence-corrected chi connectivity index (χ0v) is 22.7. The van der Waals surface area contributed by atoms with Crippen LogP contribution in [-0.2, 0) is 0 Å². The van der Waals surface area contributed by atoms with Crippen LogP contribution in [0.25, 0.3) is 65.6 Å². The molecule has 1 aliphatic heterocycles. The number of nitrogens with zero attached hydrogens (tertiary/aromatic N) is 1. The van der Waals surface area contributed by atoms with Gasteiger partial charge in [-0.2, -0.15) is 0 Å². The summed E-state index contributed by atoms with van der Waals surface area (Å²) in [5.41, 5.74) is 13.6. The number of aromatic nitrogens is 1. The first-order valence-electron chi connectivity index (χ1n) is 14.1. The van der Waals surface area contributed by atoms with Gasteiger partial charge in [-0.15, -0.1) is 0 Å². The van der Waals surface area contributed by atoms with Crippen LogP contribution in [0, 0.1) is 20.8 Å². The molecule has 0 N–H and O–H groups in total. The van der Waals surface area contributed by atoms with Crippen LogP contribution >= 0.6 is 0 Å². The van der Waals surface area contributed by atoms with E-state index >= 15 is 0 Å². The molecule has 2 aromatic heterocycles. The van der Waals surface area contributed by atoms with Crippen molar-refractivity contribution in [2.75, 3.05) is 0 Å². The van der Waals surface area contributed by atoms with E-state index in [-0.39, 0.29) is 6.85 Å². The van der Waals surface area contributed by atoms with E-state index in [1.54, 1.807) is 0 Å². The molecule has 0 amide bonds. The topological polar surface area (TPSA) is 18.1 Å². The van der Waals surface area contributed by atoms with E-state index in [1.807, 2.05) is 0 Å². The Labute approximate surface area is 232 Å². The van der Waals surface area contributed by atoms with Crippen LogP contribution in [0.1, 0.15) is 16.7 Å². The Morgan fingerprint density at radius 2 is 1.40 bits per heavy atom. The number of hydrogen-bond acceptors (Lipinski definition) is 1. The fraction of sp³-hybridized carbons (Fsp3) is 0.0811. The Balaban J connectivity index is 1.54. The van der Waals surface area contributed by atoms with Crippen molar-refractivity contribution >= 4 is 72.3 Å². The van der Waals surface area contributed by atoms with Crippen LogP contribution in [0.2, 0.25) is 0 Å². The molecule has 0 atom stereocenters. The molecule has 188 valence electrons. The smallest absolute Gasteiger partial charge is 0.329 e. The number of para-hydroxylation sites is 2. The molecule has 8 aromatic rings. The molecule has 0 saturated heterocycles. The van der Waals surface area contributed by atoms with Crippen LogP contribution in [0.15, 0.2) is 108 Å². The summed E-state index contributed by atoms with van der Waals surface area (Å²) < 4.78 is 9.31. The van der Waals surface area contributed by atoms with Crippen molar-refractivity contribution in [3.63, 3.8) is 0 Å². The predicted octanol–water partition coefficient (Wildman–Crippen LogP) is 8.41. The Morgan fingerprint density at radius 3 is 2.25 bits per heavy atom. The first-order chi connectivity index (χ1) is 19.6. The van der Waals surface area contributed by atoms with Crippen LogP contribution < -0.4 is 10.9 Å². The van der Waals surface area contributed by atoms with Gasteiger partial charge in [-0.25, -0.2) is 0 Å². The second kappa shape index (κ2) is 7.67. The average Bonchev–Trinajstić information content (AvgIpc) is 3.51. The van der Waals surface area contributed by atoms with Crippen LogP contribution in [-0.4, -0.2) is 11.3 Å². The maximum Gasteiger partial charge on any atom is 0.329 e. The van der Waals surface area contributed by atoms with Crippen LogP contribution in [0.5, 0.6) is 0 Å². The van der Waals surface area contributed by atoms with Crippen molar-refractivity contribution in [2.24, 2.45) is 0 Å². The molecule has 0 bridgehead atoms. The van der Waals surface area contributed by atoms with Crippen molar-refractivity contribution in [1.29, 1.82) is 0 Å². The second-order valence-corrected chi connectivity index (χ2v) is 11.5. The van der Waals surface area contributed by atoms with Gasteiger partial charge >= 0.3 is 6.85 Å². The van der Waals surface area contributed by atoms with Crippen LogP contribution in [0.3, 0.4) is 0 Å². The second-order valence-electron chi connectivity index (χ2n) is 11.5. The summed E-state index contributed by atoms with van der Waals surface area (Å²) in [5.74, 6) is 0. The molecule has 0 spiro atoms. The summed E-state index contributed by atoms with van der Waals surface area (Å²) in [6.07, 6.45) is 0. The highest BCUT2D eigenvalue weighted by Gasteiger charge is 2.37. The Kier molecular flexibility index (Phi) is 4.24. The summed E-state index contributed by atoms with van der Waals surface area (Å²) in [4.78, 5) is 0. The van der Waals surface area contributed by atoms with Crippen molar-refractivity contribution in [3.05, 3.63) is 120 Å². The monoisotopic (exact) mass is 511 g/mol. The molecule has 3 heterocycles. The molecular formula is C37H26BNO. The predicted molar refractivity (Wildman–Crippen MR) is 171 cm³/mol. The highest BCUT2D eigenvalue weighted by atomic mass is 16.3. The van der Waals surface area contributed by atoms with E-state index in [4.69, 9.17) is 4.42 Å². The van der Waals surface area contributed by atoms with Gasteiger partial charge in [-0.1, -0.05) is 108 Å². The van der Waals surface area contributed by atoms with Crippen LogP contribution in [0.4, 0.5) is 0 Å². The third-order valence-corrected chi connectivity index (χ3v) is 9.13. The highest BCUT2D eigenvalue weighted by molar-refractivity contribution is 6.88. The van der Waals surface area contributed by atoms with Crippen molar-refractivity contribution in [2.45, 2.75) is 20.8 Å². The lowest BCUT2D eigenvalue weighted by Crippen LogP contribution is -2.53. The molecule has 1 aliphatic rings. The zero-order chi connectivity index (χ0) is 26.7. The fourth-order valence-corrected chi connectivity index (χ4v) is 7.69. The molecule has 0 fully saturated rings. The van der Waals surface area contributed by atoms with Gasteiger partial charge in [0.1, 0.15) is 11.2 Å². The summed E-state index contributed by atoms with van der Waals surface area (Å²) in [6, 6.07) is 37.9. The summed E-state index contributed by atoms with van der Waals surface area (Å²) in [7, 11) is 0. The third kappa shape index (κ3) is 2.70. The molecular weight excluding hydrogens is 485 g/mol. The number of fused-ring (bicyclic) bond motifs is 11. The number of hydrogen-bond donors (Lipinski definition) is 0. The van der Waals surface area contributed by atoms with E-state index in [9.17, 15) is 0 Å². The maximum atomic E-state index is 6.70. The quantitative estimate of drug-likeness (QED) is 0.202. The van der Waals surface area contributed by atoms with Gasteiger partial charge in [0.15, 0.2) is 0 Å². The van der Waals surface area contributed by atoms with Gasteiger partial charge in [-0.3, -0.25) is 0 Å². The van der Waals surface area contributed by atoms with E-state index in [0.29, 0.717) is 0 Å². The first-order valence-corrected chi connectivity index (χ1v) is 14.1.